The van der Waals surface area contributed by atoms with Crippen LogP contribution in [0.3, 0.4) is 0 Å². The lowest BCUT2D eigenvalue weighted by molar-refractivity contribution is -0.123. The molecule has 8 heteroatoms. The Bertz CT molecular complexity index is 817. The minimum Gasteiger partial charge on any atom is -0.494 e. The third-order valence-corrected chi connectivity index (χ3v) is 4.60. The average Bonchev–Trinajstić information content (AvgIpc) is 2.71. The van der Waals surface area contributed by atoms with Gasteiger partial charge in [0.25, 0.3) is 0 Å². The number of amides is 3. The Morgan fingerprint density at radius 3 is 2.79 bits per heavy atom. The largest absolute Gasteiger partial charge is 0.494 e. The first-order valence-corrected chi connectivity index (χ1v) is 9.62. The summed E-state index contributed by atoms with van der Waals surface area (Å²) in [6.45, 7) is 4.32. The standard InChI is InChI=1S/C21H27FN4O3/c1-14(2)11-18(20(27)24-9-8-23)25-21(28)26-10-4-5-16(13-26)15-6-7-17(22)19(12-15)29-3/h6-7,12-14,18H,4-5,9-11H2,1-3H3,(H,24,27)(H,25,28). The molecule has 0 spiro atoms. The Morgan fingerprint density at radius 2 is 2.14 bits per heavy atom. The minimum atomic E-state index is -0.722. The third kappa shape index (κ3) is 6.21. The van der Waals surface area contributed by atoms with E-state index in [1.54, 1.807) is 18.3 Å². The predicted octanol–water partition coefficient (Wildman–Crippen LogP) is 3.04. The lowest BCUT2D eigenvalue weighted by Gasteiger charge is -2.28. The molecule has 0 aliphatic carbocycles. The molecule has 0 aromatic heterocycles. The van der Waals surface area contributed by atoms with Crippen LogP contribution in [0.5, 0.6) is 5.75 Å². The van der Waals surface area contributed by atoms with Crippen LogP contribution < -0.4 is 15.4 Å². The van der Waals surface area contributed by atoms with Gasteiger partial charge in [-0.2, -0.15) is 5.26 Å². The molecule has 0 saturated heterocycles. The van der Waals surface area contributed by atoms with Crippen LogP contribution in [0, 0.1) is 23.1 Å². The third-order valence-electron chi connectivity index (χ3n) is 4.60. The van der Waals surface area contributed by atoms with Gasteiger partial charge in [0.1, 0.15) is 12.6 Å². The van der Waals surface area contributed by atoms with Crippen molar-refractivity contribution in [2.45, 2.75) is 39.2 Å². The Hall–Kier alpha value is -3.08. The second kappa shape index (κ2) is 10.5. The van der Waals surface area contributed by atoms with Crippen molar-refractivity contribution in [1.82, 2.24) is 15.5 Å². The molecule has 1 aliphatic heterocycles. The first kappa shape index (κ1) is 22.2. The van der Waals surface area contributed by atoms with Gasteiger partial charge in [-0.15, -0.1) is 0 Å². The number of nitrogens with one attached hydrogen (secondary N) is 2. The molecule has 0 bridgehead atoms. The first-order valence-electron chi connectivity index (χ1n) is 9.62. The maximum Gasteiger partial charge on any atom is 0.322 e. The highest BCUT2D eigenvalue weighted by atomic mass is 19.1. The van der Waals surface area contributed by atoms with Crippen LogP contribution in [0.4, 0.5) is 9.18 Å². The van der Waals surface area contributed by atoms with Crippen LogP contribution >= 0.6 is 0 Å². The fourth-order valence-electron chi connectivity index (χ4n) is 3.18. The molecular weight excluding hydrogens is 375 g/mol. The van der Waals surface area contributed by atoms with E-state index >= 15 is 0 Å². The van der Waals surface area contributed by atoms with Crippen LogP contribution in [0.2, 0.25) is 0 Å². The van der Waals surface area contributed by atoms with Crippen LogP contribution in [0.25, 0.3) is 5.57 Å². The molecule has 1 aromatic carbocycles. The molecule has 3 amide bonds. The number of carbonyl (C=O) groups is 2. The predicted molar refractivity (Wildman–Crippen MR) is 107 cm³/mol. The van der Waals surface area contributed by atoms with Gasteiger partial charge in [-0.05, 0) is 48.4 Å². The molecule has 1 heterocycles. The number of rotatable bonds is 7. The average molecular weight is 402 g/mol. The van der Waals surface area contributed by atoms with E-state index in [1.165, 1.54) is 18.1 Å². The van der Waals surface area contributed by atoms with Crippen molar-refractivity contribution >= 4 is 17.5 Å². The normalized spacial score (nSPS) is 14.6. The number of methoxy groups -OCH3 is 1. The Balaban J connectivity index is 2.15. The van der Waals surface area contributed by atoms with E-state index in [1.807, 2.05) is 19.9 Å². The van der Waals surface area contributed by atoms with Gasteiger partial charge < -0.3 is 20.3 Å². The second-order valence-electron chi connectivity index (χ2n) is 7.31. The summed E-state index contributed by atoms with van der Waals surface area (Å²) in [4.78, 5) is 26.6. The van der Waals surface area contributed by atoms with Gasteiger partial charge in [0.2, 0.25) is 5.91 Å². The van der Waals surface area contributed by atoms with Crippen molar-refractivity contribution in [3.63, 3.8) is 0 Å². The van der Waals surface area contributed by atoms with Gasteiger partial charge >= 0.3 is 6.03 Å². The lowest BCUT2D eigenvalue weighted by atomic mass is 9.99. The highest BCUT2D eigenvalue weighted by molar-refractivity contribution is 5.88. The van der Waals surface area contributed by atoms with Gasteiger partial charge in [-0.25, -0.2) is 9.18 Å². The van der Waals surface area contributed by atoms with Gasteiger partial charge in [0.05, 0.1) is 13.2 Å². The molecule has 1 aromatic rings. The Morgan fingerprint density at radius 1 is 1.38 bits per heavy atom. The lowest BCUT2D eigenvalue weighted by Crippen LogP contribution is -2.51. The highest BCUT2D eigenvalue weighted by Crippen LogP contribution is 2.29. The smallest absolute Gasteiger partial charge is 0.322 e. The maximum absolute atomic E-state index is 13.7. The fourth-order valence-corrected chi connectivity index (χ4v) is 3.18. The number of allylic oxidation sites excluding steroid dienone is 1. The zero-order valence-electron chi connectivity index (χ0n) is 17.0. The summed E-state index contributed by atoms with van der Waals surface area (Å²) in [5.74, 6) is -0.483. The summed E-state index contributed by atoms with van der Waals surface area (Å²) in [7, 11) is 1.41. The van der Waals surface area contributed by atoms with E-state index in [0.29, 0.717) is 13.0 Å². The minimum absolute atomic E-state index is 0.108. The maximum atomic E-state index is 13.7. The van der Waals surface area contributed by atoms with Gasteiger partial charge in [0, 0.05) is 12.7 Å². The number of halogens is 1. The van der Waals surface area contributed by atoms with E-state index in [0.717, 1.165) is 24.0 Å². The number of nitrogens with zero attached hydrogens (tertiary/aromatic N) is 2. The number of nitriles is 1. The first-order chi connectivity index (χ1) is 13.8. The summed E-state index contributed by atoms with van der Waals surface area (Å²) in [5, 5.41) is 13.9. The van der Waals surface area contributed by atoms with Crippen molar-refractivity contribution < 1.29 is 18.7 Å². The number of benzene rings is 1. The van der Waals surface area contributed by atoms with E-state index in [9.17, 15) is 14.0 Å². The van der Waals surface area contributed by atoms with Gasteiger partial charge in [-0.1, -0.05) is 19.9 Å². The molecule has 0 radical (unpaired) electrons. The molecule has 1 aliphatic rings. The SMILES string of the molecule is COc1cc(C2=CN(C(=O)NC(CC(C)C)C(=O)NCC#N)CCC2)ccc1F. The zero-order chi connectivity index (χ0) is 21.4. The van der Waals surface area contributed by atoms with Crippen molar-refractivity contribution in [1.29, 1.82) is 5.26 Å². The summed E-state index contributed by atoms with van der Waals surface area (Å²) >= 11 is 0. The van der Waals surface area contributed by atoms with E-state index in [2.05, 4.69) is 10.6 Å². The summed E-state index contributed by atoms with van der Waals surface area (Å²) in [5.41, 5.74) is 1.67. The summed E-state index contributed by atoms with van der Waals surface area (Å²) in [6, 6.07) is 5.36. The van der Waals surface area contributed by atoms with E-state index in [-0.39, 0.29) is 30.2 Å². The van der Waals surface area contributed by atoms with E-state index in [4.69, 9.17) is 10.00 Å². The molecule has 1 unspecified atom stereocenters. The number of hydrogen-bond donors (Lipinski definition) is 2. The molecule has 7 nitrogen and oxygen atoms in total. The molecular formula is C21H27FN4O3. The molecule has 0 saturated carbocycles. The van der Waals surface area contributed by atoms with Crippen molar-refractivity contribution in [3.8, 4) is 11.8 Å². The highest BCUT2D eigenvalue weighted by Gasteiger charge is 2.25. The summed E-state index contributed by atoms with van der Waals surface area (Å²) < 4.78 is 18.7. The van der Waals surface area contributed by atoms with Crippen LogP contribution in [-0.2, 0) is 4.79 Å². The molecule has 29 heavy (non-hydrogen) atoms. The second-order valence-corrected chi connectivity index (χ2v) is 7.31. The topological polar surface area (TPSA) is 94.5 Å². The summed E-state index contributed by atoms with van der Waals surface area (Å²) in [6.07, 6.45) is 3.68. The number of ether oxygens (including phenoxy) is 1. The number of carbonyl (C=O) groups excluding carboxylic acids is 2. The number of hydrogen-bond acceptors (Lipinski definition) is 4. The monoisotopic (exact) mass is 402 g/mol. The molecule has 2 N–H and O–H groups in total. The van der Waals surface area contributed by atoms with Gasteiger partial charge in [0.15, 0.2) is 11.6 Å². The van der Waals surface area contributed by atoms with Crippen LogP contribution in [0.15, 0.2) is 24.4 Å². The Labute approximate surface area is 170 Å². The molecule has 2 rings (SSSR count). The van der Waals surface area contributed by atoms with Crippen LogP contribution in [0.1, 0.15) is 38.7 Å². The molecule has 156 valence electrons. The van der Waals surface area contributed by atoms with Crippen molar-refractivity contribution in [3.05, 3.63) is 35.8 Å². The van der Waals surface area contributed by atoms with Crippen LogP contribution in [-0.4, -0.2) is 43.1 Å². The van der Waals surface area contributed by atoms with Crippen molar-refractivity contribution in [2.24, 2.45) is 5.92 Å². The quantitative estimate of drug-likeness (QED) is 0.686. The molecule has 0 fully saturated rings. The van der Waals surface area contributed by atoms with Crippen molar-refractivity contribution in [2.75, 3.05) is 20.2 Å². The zero-order valence-corrected chi connectivity index (χ0v) is 17.0. The van der Waals surface area contributed by atoms with Gasteiger partial charge in [-0.3, -0.25) is 4.79 Å². The molecule has 1 atom stereocenters. The fraction of sp³-hybridized carbons (Fsp3) is 0.476. The van der Waals surface area contributed by atoms with E-state index < -0.39 is 11.9 Å². The number of urea groups is 1. The Kier molecular flexibility index (Phi) is 8.01.